The number of aliphatic imine (C=N–C) groups is 1. The van der Waals surface area contributed by atoms with Gasteiger partial charge in [0.05, 0.1) is 10.9 Å². The molecule has 1 aromatic rings. The summed E-state index contributed by atoms with van der Waals surface area (Å²) in [6.07, 6.45) is 1.66. The lowest BCUT2D eigenvalue weighted by Crippen LogP contribution is -1.97. The van der Waals surface area contributed by atoms with E-state index >= 15 is 0 Å². The van der Waals surface area contributed by atoms with E-state index in [1.807, 2.05) is 12.1 Å². The lowest BCUT2D eigenvalue weighted by Gasteiger charge is -1.91. The summed E-state index contributed by atoms with van der Waals surface area (Å²) in [6.45, 7) is 2.01. The first-order chi connectivity index (χ1) is 6.29. The van der Waals surface area contributed by atoms with Gasteiger partial charge in [0.2, 0.25) is 0 Å². The summed E-state index contributed by atoms with van der Waals surface area (Å²) < 4.78 is 3.69. The van der Waals surface area contributed by atoms with Crippen molar-refractivity contribution in [3.8, 4) is 0 Å². The van der Waals surface area contributed by atoms with Crippen LogP contribution in [0.4, 0.5) is 0 Å². The highest BCUT2D eigenvalue weighted by Crippen LogP contribution is 2.13. The average Bonchev–Trinajstić information content (AvgIpc) is 2.54. The summed E-state index contributed by atoms with van der Waals surface area (Å²) in [5, 5.41) is 5.87. The van der Waals surface area contributed by atoms with E-state index < -0.39 is 5.91 Å². The Kier molecular flexibility index (Phi) is 3.82. The van der Waals surface area contributed by atoms with E-state index in [9.17, 15) is 4.79 Å². The molecule has 0 aliphatic rings. The summed E-state index contributed by atoms with van der Waals surface area (Å²) in [6, 6.07) is 0. The molecule has 0 saturated heterocycles. The summed E-state index contributed by atoms with van der Waals surface area (Å²) in [5.41, 5.74) is 0.700. The lowest BCUT2D eigenvalue weighted by molar-refractivity contribution is 0.101. The van der Waals surface area contributed by atoms with Gasteiger partial charge in [-0.15, -0.1) is 5.10 Å². The third-order valence-corrected chi connectivity index (χ3v) is 2.23. The maximum atomic E-state index is 11.2. The Labute approximate surface area is 84.9 Å². The fourth-order valence-corrected chi connectivity index (χ4v) is 1.54. The van der Waals surface area contributed by atoms with Crippen molar-refractivity contribution in [2.24, 2.45) is 4.99 Å². The molecule has 1 aromatic heterocycles. The third-order valence-electron chi connectivity index (χ3n) is 1.38. The smallest absolute Gasteiger partial charge is 0.265 e. The van der Waals surface area contributed by atoms with Crippen LogP contribution in [0.1, 0.15) is 28.7 Å². The molecule has 1 rings (SSSR count). The highest BCUT2D eigenvalue weighted by Gasteiger charge is 2.13. The third kappa shape index (κ3) is 2.48. The molecule has 0 bridgehead atoms. The molecule has 0 aliphatic heterocycles. The zero-order chi connectivity index (χ0) is 9.68. The van der Waals surface area contributed by atoms with Crippen LogP contribution in [0, 0.1) is 0 Å². The molecule has 0 radical (unpaired) electrons. The first kappa shape index (κ1) is 10.1. The maximum absolute atomic E-state index is 11.2. The zero-order valence-electron chi connectivity index (χ0n) is 6.98. The number of isothiocyanates is 1. The molecular formula is C7H7N3OS2. The molecule has 68 valence electrons. The van der Waals surface area contributed by atoms with Crippen molar-refractivity contribution >= 4 is 34.8 Å². The fraction of sp³-hybridized carbons (Fsp3) is 0.429. The number of carbonyl (C=O) groups is 1. The van der Waals surface area contributed by atoms with E-state index in [0.717, 1.165) is 24.4 Å². The van der Waals surface area contributed by atoms with Crippen LogP contribution in [0.15, 0.2) is 4.99 Å². The molecule has 0 spiro atoms. The fourth-order valence-electron chi connectivity index (χ4n) is 0.864. The van der Waals surface area contributed by atoms with Gasteiger partial charge in [0, 0.05) is 0 Å². The van der Waals surface area contributed by atoms with Crippen LogP contribution in [0.5, 0.6) is 0 Å². The van der Waals surface area contributed by atoms with Gasteiger partial charge in [-0.2, -0.15) is 4.99 Å². The van der Waals surface area contributed by atoms with Crippen LogP contribution in [0.25, 0.3) is 0 Å². The van der Waals surface area contributed by atoms with E-state index in [-0.39, 0.29) is 0 Å². The number of hydrogen-bond acceptors (Lipinski definition) is 5. The van der Waals surface area contributed by atoms with Gasteiger partial charge >= 0.3 is 0 Å². The number of rotatable bonds is 3. The normalized spacial score (nSPS) is 9.31. The lowest BCUT2D eigenvalue weighted by atomic mass is 10.2. The number of nitrogens with zero attached hydrogens (tertiary/aromatic N) is 3. The molecule has 0 aliphatic carbocycles. The summed E-state index contributed by atoms with van der Waals surface area (Å²) in [4.78, 5) is 15.1. The van der Waals surface area contributed by atoms with Gasteiger partial charge < -0.3 is 0 Å². The summed E-state index contributed by atoms with van der Waals surface area (Å²) >= 11 is 5.38. The second-order valence-electron chi connectivity index (χ2n) is 2.31. The highest BCUT2D eigenvalue weighted by molar-refractivity contribution is 7.78. The molecular weight excluding hydrogens is 206 g/mol. The molecule has 0 aromatic carbocycles. The second-order valence-corrected chi connectivity index (χ2v) is 3.24. The van der Waals surface area contributed by atoms with Gasteiger partial charge in [-0.25, -0.2) is 0 Å². The molecule has 0 saturated carbocycles. The Hall–Kier alpha value is -0.970. The molecule has 4 nitrogen and oxygen atoms in total. The van der Waals surface area contributed by atoms with Gasteiger partial charge in [0.1, 0.15) is 4.88 Å². The highest BCUT2D eigenvalue weighted by atomic mass is 32.1. The average molecular weight is 213 g/mol. The predicted octanol–water partition coefficient (Wildman–Crippen LogP) is 1.73. The largest absolute Gasteiger partial charge is 0.299 e. The number of thiocarbonyl (C=S) groups is 1. The molecule has 0 N–H and O–H groups in total. The molecule has 0 unspecified atom stereocenters. The van der Waals surface area contributed by atoms with E-state index in [0.29, 0.717) is 10.6 Å². The minimum absolute atomic E-state index is 0.395. The molecule has 0 atom stereocenters. The Bertz CT molecular complexity index is 354. The van der Waals surface area contributed by atoms with E-state index in [2.05, 4.69) is 26.8 Å². The van der Waals surface area contributed by atoms with Crippen molar-refractivity contribution in [2.75, 3.05) is 0 Å². The van der Waals surface area contributed by atoms with Crippen LogP contribution in [-0.4, -0.2) is 20.7 Å². The topological polar surface area (TPSA) is 55.2 Å². The molecule has 1 amide bonds. The van der Waals surface area contributed by atoms with Gasteiger partial charge in [-0.1, -0.05) is 17.8 Å². The van der Waals surface area contributed by atoms with Gasteiger partial charge in [0.15, 0.2) is 0 Å². The molecule has 0 fully saturated rings. The summed E-state index contributed by atoms with van der Waals surface area (Å²) in [7, 11) is 0. The van der Waals surface area contributed by atoms with Crippen LogP contribution in [-0.2, 0) is 6.42 Å². The Balaban J connectivity index is 2.92. The first-order valence-electron chi connectivity index (χ1n) is 3.73. The number of amides is 1. The number of aromatic nitrogens is 2. The number of aryl methyl sites for hydroxylation is 1. The second kappa shape index (κ2) is 4.91. The van der Waals surface area contributed by atoms with Crippen molar-refractivity contribution in [1.82, 2.24) is 9.59 Å². The van der Waals surface area contributed by atoms with Gasteiger partial charge in [0.25, 0.3) is 5.91 Å². The van der Waals surface area contributed by atoms with Gasteiger partial charge in [-0.3, -0.25) is 4.79 Å². The number of carbonyl (C=O) groups excluding carboxylic acids is 1. The minimum Gasteiger partial charge on any atom is -0.265 e. The van der Waals surface area contributed by atoms with Crippen LogP contribution in [0.2, 0.25) is 0 Å². The van der Waals surface area contributed by atoms with Crippen molar-refractivity contribution in [3.05, 3.63) is 10.6 Å². The van der Waals surface area contributed by atoms with Crippen molar-refractivity contribution in [3.63, 3.8) is 0 Å². The Morgan fingerprint density at radius 2 is 2.54 bits per heavy atom. The van der Waals surface area contributed by atoms with Crippen molar-refractivity contribution in [2.45, 2.75) is 19.8 Å². The molecule has 13 heavy (non-hydrogen) atoms. The van der Waals surface area contributed by atoms with E-state index in [1.165, 1.54) is 0 Å². The minimum atomic E-state index is -0.395. The standard InChI is InChI=1S/C7H7N3OS2/c1-2-3-5-6(13-10-9-5)7(11)8-4-12/h2-3H2,1H3. The molecule has 6 heteroatoms. The zero-order valence-corrected chi connectivity index (χ0v) is 8.61. The monoisotopic (exact) mass is 213 g/mol. The molecule has 1 heterocycles. The quantitative estimate of drug-likeness (QED) is 0.567. The number of hydrogen-bond donors (Lipinski definition) is 0. The SMILES string of the molecule is CCCc1nnsc1C(=O)N=C=S. The summed E-state index contributed by atoms with van der Waals surface area (Å²) in [5.74, 6) is -0.395. The van der Waals surface area contributed by atoms with E-state index in [1.54, 1.807) is 0 Å². The Morgan fingerprint density at radius 3 is 3.15 bits per heavy atom. The van der Waals surface area contributed by atoms with E-state index in [4.69, 9.17) is 0 Å². The van der Waals surface area contributed by atoms with Crippen LogP contribution >= 0.6 is 23.8 Å². The van der Waals surface area contributed by atoms with Crippen molar-refractivity contribution < 1.29 is 4.79 Å². The predicted molar refractivity (Wildman–Crippen MR) is 53.3 cm³/mol. The van der Waals surface area contributed by atoms with Crippen LogP contribution < -0.4 is 0 Å². The van der Waals surface area contributed by atoms with Crippen molar-refractivity contribution in [1.29, 1.82) is 0 Å². The maximum Gasteiger partial charge on any atom is 0.299 e. The first-order valence-corrected chi connectivity index (χ1v) is 4.91. The van der Waals surface area contributed by atoms with Crippen LogP contribution in [0.3, 0.4) is 0 Å². The Morgan fingerprint density at radius 1 is 1.77 bits per heavy atom. The van der Waals surface area contributed by atoms with Gasteiger partial charge in [-0.05, 0) is 30.2 Å².